The van der Waals surface area contributed by atoms with Gasteiger partial charge in [-0.05, 0) is 216 Å². The number of ether oxygens (including phenoxy) is 5. The first-order valence-corrected chi connectivity index (χ1v) is 37.8. The van der Waals surface area contributed by atoms with Crippen LogP contribution in [0.25, 0.3) is 0 Å². The van der Waals surface area contributed by atoms with Crippen LogP contribution < -0.4 is 0 Å². The lowest BCUT2D eigenvalue weighted by Gasteiger charge is -2.46. The number of esters is 3. The van der Waals surface area contributed by atoms with E-state index in [0.717, 1.165) is 43.5 Å². The molecule has 12 bridgehead atoms. The number of likely N-dealkylation sites (tertiary alicyclic amines) is 4. The molecule has 0 aromatic carbocycles. The van der Waals surface area contributed by atoms with Crippen molar-refractivity contribution in [1.29, 1.82) is 0 Å². The number of hydrogen-bond donors (Lipinski definition) is 1. The lowest BCUT2D eigenvalue weighted by Crippen LogP contribution is -2.59. The maximum absolute atomic E-state index is 13.0. The van der Waals surface area contributed by atoms with Crippen LogP contribution in [0.5, 0.6) is 0 Å². The molecular formula is C74H107F12N7O15. The van der Waals surface area contributed by atoms with Gasteiger partial charge in [-0.25, -0.2) is 9.59 Å². The summed E-state index contributed by atoms with van der Waals surface area (Å²) in [5.74, 6) is -3.87. The molecule has 0 radical (unpaired) electrons. The minimum absolute atomic E-state index is 0.00402. The van der Waals surface area contributed by atoms with Crippen LogP contribution in [0.1, 0.15) is 200 Å². The van der Waals surface area contributed by atoms with E-state index in [1.54, 1.807) is 104 Å². The monoisotopic (exact) mass is 1560 g/mol. The number of carbonyl (C=O) groups is 9. The van der Waals surface area contributed by atoms with Gasteiger partial charge in [0.05, 0.1) is 70.7 Å². The molecular weight excluding hydrogens is 1450 g/mol. The van der Waals surface area contributed by atoms with Gasteiger partial charge in [-0.3, -0.25) is 48.3 Å². The number of amides is 6. The first kappa shape index (κ1) is 84.4. The molecule has 0 aromatic heterocycles. The highest BCUT2D eigenvalue weighted by atomic mass is 19.4. The van der Waals surface area contributed by atoms with Gasteiger partial charge >= 0.3 is 54.8 Å². The number of nitrogens with zero attached hydrogens (tertiary/aromatic N) is 7. The Hall–Kier alpha value is -6.09. The molecule has 13 fully saturated rings. The number of aliphatic hydroxyl groups excluding tert-OH is 1. The lowest BCUT2D eigenvalue weighted by atomic mass is 9.78. The van der Waals surface area contributed by atoms with E-state index >= 15 is 0 Å². The Morgan fingerprint density at radius 2 is 0.657 bits per heavy atom. The van der Waals surface area contributed by atoms with Gasteiger partial charge in [0.1, 0.15) is 55.2 Å². The highest BCUT2D eigenvalue weighted by molar-refractivity contribution is 5.82. The predicted octanol–water partition coefficient (Wildman–Crippen LogP) is 11.5. The van der Waals surface area contributed by atoms with Crippen LogP contribution in [0.2, 0.25) is 0 Å². The molecule has 20 atom stereocenters. The molecule has 34 heteroatoms. The van der Waals surface area contributed by atoms with Crippen molar-refractivity contribution in [3.8, 4) is 0 Å². The summed E-state index contributed by atoms with van der Waals surface area (Å²) in [6.07, 6.45) is -19.9. The minimum atomic E-state index is -4.64. The van der Waals surface area contributed by atoms with E-state index in [0.29, 0.717) is 44.7 Å². The maximum atomic E-state index is 13.0. The molecule has 10 saturated heterocycles. The molecule has 10 unspecified atom stereocenters. The first-order chi connectivity index (χ1) is 49.2. The Labute approximate surface area is 621 Å². The van der Waals surface area contributed by atoms with Crippen LogP contribution in [0.15, 0.2) is 0 Å². The van der Waals surface area contributed by atoms with E-state index in [4.69, 9.17) is 23.7 Å². The van der Waals surface area contributed by atoms with E-state index in [-0.39, 0.29) is 72.6 Å². The molecule has 13 aliphatic rings. The Kier molecular flexibility index (Phi) is 23.3. The molecule has 1 N–H and O–H groups in total. The Bertz CT molecular complexity index is 3390. The zero-order valence-electron chi connectivity index (χ0n) is 64.1. The van der Waals surface area contributed by atoms with Crippen molar-refractivity contribution in [1.82, 2.24) is 34.3 Å². The lowest BCUT2D eigenvalue weighted by molar-refractivity contribution is -0.173. The smallest absolute Gasteiger partial charge is 0.410 e. The molecule has 10 aliphatic heterocycles. The van der Waals surface area contributed by atoms with Crippen molar-refractivity contribution in [2.45, 2.75) is 321 Å². The van der Waals surface area contributed by atoms with Crippen LogP contribution in [-0.4, -0.2) is 247 Å². The quantitative estimate of drug-likeness (QED) is 0.128. The van der Waals surface area contributed by atoms with Crippen LogP contribution in [0.4, 0.5) is 62.3 Å². The second kappa shape index (κ2) is 29.8. The molecule has 3 aliphatic carbocycles. The van der Waals surface area contributed by atoms with Crippen LogP contribution in [0.3, 0.4) is 0 Å². The number of aliphatic hydroxyl groups is 1. The zero-order chi connectivity index (χ0) is 80.5. The van der Waals surface area contributed by atoms with Crippen molar-refractivity contribution in [3.05, 3.63) is 0 Å². The second-order valence-electron chi connectivity index (χ2n) is 37.6. The van der Waals surface area contributed by atoms with Gasteiger partial charge in [-0.2, -0.15) is 52.7 Å². The Morgan fingerprint density at radius 1 is 0.352 bits per heavy atom. The number of rotatable bonds is 9. The van der Waals surface area contributed by atoms with E-state index in [9.17, 15) is 101 Å². The SMILES string of the molecule is CC(C)(C)C(=O)O[C@@H]1C2C3CC(CC1N3CC1CC1)CN2C(=O)CC(F)(F)F.CC(C)(C)C(=O)O[C@@H]1C2[C@H]3CC(C[C@@H]1C3)CN2C(=O)CC(F)(F)F.CC(C)(C)OC(=O)N1[C@@H]2CC3C[C@H]1[C@H](O)C2N(C(=O)CC(F)(F)F)C3.CC(C)(C)OC(=O)N1[C@@H]2CC3C[C@H]1[C@H](OC(=O)C(C)(C)C)C2N(C(=O)CC(F)(F)F)C3. The van der Waals surface area contributed by atoms with E-state index < -0.39 is 192 Å². The van der Waals surface area contributed by atoms with Crippen molar-refractivity contribution in [2.24, 2.45) is 57.7 Å². The number of hydrogen-bond acceptors (Lipinski definition) is 16. The third-order valence-electron chi connectivity index (χ3n) is 23.1. The molecule has 0 spiro atoms. The first-order valence-electron chi connectivity index (χ1n) is 37.8. The molecule has 13 rings (SSSR count). The Morgan fingerprint density at radius 3 is 1.05 bits per heavy atom. The summed E-state index contributed by atoms with van der Waals surface area (Å²) < 4.78 is 182. The van der Waals surface area contributed by atoms with Crippen molar-refractivity contribution < 1.29 is 125 Å². The Balaban J connectivity index is 0.000000154. The summed E-state index contributed by atoms with van der Waals surface area (Å²) in [6.45, 7) is 27.9. The highest BCUT2D eigenvalue weighted by Gasteiger charge is 2.67. The standard InChI is InChI=1S/C21H31F3N2O5.C20H29F3N2O3.C17H24F3NO3.C16H23F3N2O4/c1-19(2,3)17(28)30-16-13-8-11-7-12(26(13)18(29)31-20(4,5)6)15(16)25(10-11)14(27)9-21(22,23)24;1-19(2,3)18(27)28-17-14-7-12-6-13(24(14)9-11-4-5-11)16(17)25(10-12)15(26)8-20(21,22)23;1-16(2,3)15(23)24-14-11-5-9-4-10(6-11)13(14)21(8-9)12(22)7-17(18,19)20;1-15(2,3)25-14(24)21-9-4-8-5-10(21)13(23)12(9)20(7-8)11(22)6-16(17,18)19/h11-13,15-16H,7-10H2,1-6H3;11-14,16-17H,4-10H2,1-3H3;9-11,13-14H,4-8H2,1-3H3;8-10,12-13,23H,4-7H2,1-3H3/t11?,12-,13+,15?,16+;12?,13?,14?,16?,17-;9?,10-,11+,13?,14-;8?,9-,10+,12?,13+/m1001/s1. The molecule has 3 saturated carbocycles. The van der Waals surface area contributed by atoms with Gasteiger partial charge in [-0.15, -0.1) is 0 Å². The van der Waals surface area contributed by atoms with Gasteiger partial charge in [0.25, 0.3) is 0 Å². The topological polar surface area (TPSA) is 243 Å². The summed E-state index contributed by atoms with van der Waals surface area (Å²) in [5.41, 5.74) is -3.70. The molecule has 108 heavy (non-hydrogen) atoms. The average Bonchev–Trinajstić information content (AvgIpc) is 1.58. The summed E-state index contributed by atoms with van der Waals surface area (Å²) in [4.78, 5) is 123. The van der Waals surface area contributed by atoms with E-state index in [2.05, 4.69) is 4.90 Å². The molecule has 0 aromatic rings. The van der Waals surface area contributed by atoms with E-state index in [1.165, 1.54) is 37.3 Å². The fraction of sp³-hybridized carbons (Fsp3) is 0.878. The predicted molar refractivity (Wildman–Crippen MR) is 360 cm³/mol. The normalized spacial score (nSPS) is 33.7. The van der Waals surface area contributed by atoms with E-state index in [1.807, 2.05) is 0 Å². The number of halogens is 12. The van der Waals surface area contributed by atoms with Crippen molar-refractivity contribution in [2.75, 3.05) is 32.7 Å². The van der Waals surface area contributed by atoms with Crippen molar-refractivity contribution >= 4 is 53.7 Å². The number of carbonyl (C=O) groups excluding carboxylic acids is 9. The largest absolute Gasteiger partial charge is 0.459 e. The number of piperidine rings is 7. The maximum Gasteiger partial charge on any atom is 0.410 e. The van der Waals surface area contributed by atoms with Gasteiger partial charge in [0, 0.05) is 44.8 Å². The average molecular weight is 1560 g/mol. The van der Waals surface area contributed by atoms with Crippen LogP contribution in [-0.2, 0) is 57.2 Å². The van der Waals surface area contributed by atoms with Gasteiger partial charge < -0.3 is 48.4 Å². The van der Waals surface area contributed by atoms with Gasteiger partial charge in [0.15, 0.2) is 0 Å². The third kappa shape index (κ3) is 19.3. The summed E-state index contributed by atoms with van der Waals surface area (Å²) in [5, 5.41) is 10.6. The van der Waals surface area contributed by atoms with Crippen molar-refractivity contribution in [3.63, 3.8) is 0 Å². The molecule has 6 amide bonds. The minimum Gasteiger partial charge on any atom is -0.459 e. The van der Waals surface area contributed by atoms with Crippen LogP contribution in [0, 0.1) is 57.7 Å². The van der Waals surface area contributed by atoms with Crippen LogP contribution >= 0.6 is 0 Å². The fourth-order valence-electron chi connectivity index (χ4n) is 19.0. The molecule has 612 valence electrons. The molecule has 10 heterocycles. The number of fused-ring (bicyclic) bond motifs is 8. The summed E-state index contributed by atoms with van der Waals surface area (Å²) in [6, 6.07) is -4.60. The third-order valence-corrected chi connectivity index (χ3v) is 23.1. The molecule has 22 nitrogen and oxygen atoms in total. The summed E-state index contributed by atoms with van der Waals surface area (Å²) in [7, 11) is 0. The number of alkyl halides is 12. The summed E-state index contributed by atoms with van der Waals surface area (Å²) >= 11 is 0. The van der Waals surface area contributed by atoms with Gasteiger partial charge in [0.2, 0.25) is 23.6 Å². The second-order valence-corrected chi connectivity index (χ2v) is 37.6. The highest BCUT2D eigenvalue weighted by Crippen LogP contribution is 2.55. The van der Waals surface area contributed by atoms with Gasteiger partial charge in [-0.1, -0.05) is 0 Å². The fourth-order valence-corrected chi connectivity index (χ4v) is 19.0. The zero-order valence-corrected chi connectivity index (χ0v) is 64.1.